The smallest absolute Gasteiger partial charge is 0.246 e. The fourth-order valence-corrected chi connectivity index (χ4v) is 3.80. The maximum atomic E-state index is 12.7. The number of nitrogens with one attached hydrogen (secondary N) is 1. The van der Waals surface area contributed by atoms with Gasteiger partial charge in [0.25, 0.3) is 0 Å². The molecule has 7 heteroatoms. The molecule has 0 fully saturated rings. The van der Waals surface area contributed by atoms with E-state index in [0.717, 1.165) is 19.4 Å². The minimum Gasteiger partial charge on any atom is -0.318 e. The van der Waals surface area contributed by atoms with Gasteiger partial charge in [-0.25, -0.2) is 12.7 Å². The number of aromatic nitrogens is 2. The van der Waals surface area contributed by atoms with Crippen molar-refractivity contribution < 1.29 is 8.42 Å². The summed E-state index contributed by atoms with van der Waals surface area (Å²) in [6.45, 7) is 9.08. The average Bonchev–Trinajstić information content (AvgIpc) is 2.71. The first-order chi connectivity index (χ1) is 9.86. The maximum absolute atomic E-state index is 12.7. The quantitative estimate of drug-likeness (QED) is 0.551. The van der Waals surface area contributed by atoms with Crippen LogP contribution < -0.4 is 5.32 Å². The van der Waals surface area contributed by atoms with Crippen LogP contribution in [0, 0.1) is 13.8 Å². The summed E-state index contributed by atoms with van der Waals surface area (Å²) in [7, 11) is -0.0185. The molecule has 6 nitrogen and oxygen atoms in total. The zero-order valence-electron chi connectivity index (χ0n) is 13.4. The van der Waals surface area contributed by atoms with Gasteiger partial charge in [0.05, 0.1) is 17.9 Å². The molecule has 0 saturated heterocycles. The number of rotatable bonds is 9. The number of nitrogens with zero attached hydrogens (tertiary/aromatic N) is 3. The summed E-state index contributed by atoms with van der Waals surface area (Å²) in [5, 5.41) is 7.39. The molecule has 0 unspecified atom stereocenters. The van der Waals surface area contributed by atoms with Gasteiger partial charge in [-0.3, -0.25) is 4.68 Å². The van der Waals surface area contributed by atoms with Crippen LogP contribution in [0.25, 0.3) is 0 Å². The van der Waals surface area contributed by atoms with Gasteiger partial charge in [0, 0.05) is 20.1 Å². The molecule has 1 N–H and O–H groups in total. The third-order valence-corrected chi connectivity index (χ3v) is 5.55. The van der Waals surface area contributed by atoms with Crippen molar-refractivity contribution in [2.45, 2.75) is 38.1 Å². The summed E-state index contributed by atoms with van der Waals surface area (Å²) in [6.07, 6.45) is 3.37. The third-order valence-electron chi connectivity index (χ3n) is 3.44. The van der Waals surface area contributed by atoms with E-state index >= 15 is 0 Å². The molecule has 0 spiro atoms. The Hall–Kier alpha value is -1.18. The lowest BCUT2D eigenvalue weighted by Crippen LogP contribution is -2.29. The third kappa shape index (κ3) is 4.15. The van der Waals surface area contributed by atoms with E-state index in [0.29, 0.717) is 29.4 Å². The summed E-state index contributed by atoms with van der Waals surface area (Å²) in [5.74, 6) is 0. The highest BCUT2D eigenvalue weighted by Gasteiger charge is 2.28. The van der Waals surface area contributed by atoms with Gasteiger partial charge in [-0.05, 0) is 33.7 Å². The topological polar surface area (TPSA) is 67.2 Å². The number of unbranched alkanes of at least 4 members (excludes halogenated alkanes) is 1. The van der Waals surface area contributed by atoms with Crippen molar-refractivity contribution >= 4 is 10.0 Å². The fraction of sp³-hybridized carbons (Fsp3) is 0.643. The van der Waals surface area contributed by atoms with Crippen molar-refractivity contribution in [1.82, 2.24) is 19.4 Å². The molecule has 0 saturated carbocycles. The Morgan fingerprint density at radius 3 is 2.67 bits per heavy atom. The second-order valence-corrected chi connectivity index (χ2v) is 7.07. The lowest BCUT2D eigenvalue weighted by Gasteiger charge is -2.17. The lowest BCUT2D eigenvalue weighted by atomic mass is 10.3. The molecule has 1 rings (SSSR count). The van der Waals surface area contributed by atoms with Crippen LogP contribution in [0.15, 0.2) is 17.6 Å². The van der Waals surface area contributed by atoms with Crippen LogP contribution in [0.1, 0.15) is 24.2 Å². The summed E-state index contributed by atoms with van der Waals surface area (Å²) in [5.41, 5.74) is 1.25. The van der Waals surface area contributed by atoms with Gasteiger partial charge in [0.15, 0.2) is 0 Å². The van der Waals surface area contributed by atoms with Gasteiger partial charge in [-0.1, -0.05) is 6.08 Å². The first-order valence-corrected chi connectivity index (χ1v) is 8.56. The van der Waals surface area contributed by atoms with Gasteiger partial charge >= 0.3 is 0 Å². The first-order valence-electron chi connectivity index (χ1n) is 7.12. The summed E-state index contributed by atoms with van der Waals surface area (Å²) in [6, 6.07) is 0. The number of allylic oxidation sites excluding steroid dienone is 1. The number of aryl methyl sites for hydroxylation is 1. The minimum absolute atomic E-state index is 0.333. The van der Waals surface area contributed by atoms with E-state index < -0.39 is 10.0 Å². The Morgan fingerprint density at radius 1 is 1.43 bits per heavy atom. The van der Waals surface area contributed by atoms with Crippen LogP contribution in [0.5, 0.6) is 0 Å². The first kappa shape index (κ1) is 17.9. The zero-order valence-corrected chi connectivity index (χ0v) is 14.2. The lowest BCUT2D eigenvalue weighted by molar-refractivity contribution is 0.461. The number of hydrogen-bond acceptors (Lipinski definition) is 4. The fourth-order valence-electron chi connectivity index (χ4n) is 2.22. The SMILES string of the molecule is C=CCCCN(C)S(=O)(=O)c1c(C)nn(CCNC)c1C. The molecular formula is C14H26N4O2S. The van der Waals surface area contributed by atoms with Crippen molar-refractivity contribution in [3.8, 4) is 0 Å². The predicted octanol–water partition coefficient (Wildman–Crippen LogP) is 1.31. The van der Waals surface area contributed by atoms with Crippen LogP contribution in [0.2, 0.25) is 0 Å². The van der Waals surface area contributed by atoms with Crippen LogP contribution in [-0.4, -0.2) is 49.7 Å². The molecule has 0 amide bonds. The Bertz CT molecular complexity index is 578. The summed E-state index contributed by atoms with van der Waals surface area (Å²) >= 11 is 0. The van der Waals surface area contributed by atoms with Crippen molar-refractivity contribution in [2.75, 3.05) is 27.2 Å². The molecule has 0 aromatic carbocycles. The Balaban J connectivity index is 3.02. The van der Waals surface area contributed by atoms with Crippen LogP contribution >= 0.6 is 0 Å². The van der Waals surface area contributed by atoms with Crippen molar-refractivity contribution in [3.63, 3.8) is 0 Å². The highest BCUT2D eigenvalue weighted by Crippen LogP contribution is 2.22. The van der Waals surface area contributed by atoms with E-state index in [9.17, 15) is 8.42 Å². The van der Waals surface area contributed by atoms with Crippen LogP contribution in [0.4, 0.5) is 0 Å². The molecule has 21 heavy (non-hydrogen) atoms. The average molecular weight is 314 g/mol. The molecular weight excluding hydrogens is 288 g/mol. The second kappa shape index (κ2) is 7.72. The van der Waals surface area contributed by atoms with Crippen molar-refractivity contribution in [1.29, 1.82) is 0 Å². The Morgan fingerprint density at radius 2 is 2.10 bits per heavy atom. The normalized spacial score (nSPS) is 12.0. The summed E-state index contributed by atoms with van der Waals surface area (Å²) < 4.78 is 28.5. The number of sulfonamides is 1. The van der Waals surface area contributed by atoms with Gasteiger partial charge < -0.3 is 5.32 Å². The van der Waals surface area contributed by atoms with Crippen LogP contribution in [0.3, 0.4) is 0 Å². The highest BCUT2D eigenvalue weighted by molar-refractivity contribution is 7.89. The second-order valence-electron chi connectivity index (χ2n) is 5.08. The van der Waals surface area contributed by atoms with Gasteiger partial charge in [-0.2, -0.15) is 5.10 Å². The largest absolute Gasteiger partial charge is 0.318 e. The highest BCUT2D eigenvalue weighted by atomic mass is 32.2. The number of likely N-dealkylation sites (N-methyl/N-ethyl adjacent to an activating group) is 1. The van der Waals surface area contributed by atoms with Gasteiger partial charge in [0.1, 0.15) is 4.90 Å². The number of hydrogen-bond donors (Lipinski definition) is 1. The molecule has 0 aliphatic rings. The van der Waals surface area contributed by atoms with E-state index in [1.54, 1.807) is 31.7 Å². The molecule has 1 heterocycles. The van der Waals surface area contributed by atoms with Crippen LogP contribution in [-0.2, 0) is 16.6 Å². The van der Waals surface area contributed by atoms with Crippen molar-refractivity contribution in [3.05, 3.63) is 24.0 Å². The molecule has 1 aromatic rings. The van der Waals surface area contributed by atoms with E-state index in [1.165, 1.54) is 4.31 Å². The van der Waals surface area contributed by atoms with E-state index in [2.05, 4.69) is 17.0 Å². The molecule has 0 aliphatic carbocycles. The van der Waals surface area contributed by atoms with E-state index in [-0.39, 0.29) is 0 Å². The molecule has 0 radical (unpaired) electrons. The Labute approximate surface area is 127 Å². The van der Waals surface area contributed by atoms with Crippen molar-refractivity contribution in [2.24, 2.45) is 0 Å². The monoisotopic (exact) mass is 314 g/mol. The van der Waals surface area contributed by atoms with Gasteiger partial charge in [0.2, 0.25) is 10.0 Å². The zero-order chi connectivity index (χ0) is 16.0. The predicted molar refractivity (Wildman–Crippen MR) is 84.9 cm³/mol. The van der Waals surface area contributed by atoms with E-state index in [1.807, 2.05) is 7.05 Å². The Kier molecular flexibility index (Phi) is 6.57. The minimum atomic E-state index is -3.49. The standard InChI is InChI=1S/C14H26N4O2S/c1-6-7-8-10-17(5)21(19,20)14-12(2)16-18(13(14)3)11-9-15-4/h6,15H,1,7-11H2,2-5H3. The molecule has 0 bridgehead atoms. The molecule has 1 aromatic heterocycles. The molecule has 0 atom stereocenters. The molecule has 0 aliphatic heterocycles. The maximum Gasteiger partial charge on any atom is 0.246 e. The van der Waals surface area contributed by atoms with E-state index in [4.69, 9.17) is 0 Å². The summed E-state index contributed by atoms with van der Waals surface area (Å²) in [4.78, 5) is 0.333. The van der Waals surface area contributed by atoms with Gasteiger partial charge in [-0.15, -0.1) is 6.58 Å². The molecule has 120 valence electrons.